The Kier molecular flexibility index (Phi) is 5.14. The van der Waals surface area contributed by atoms with Crippen molar-refractivity contribution in [3.63, 3.8) is 0 Å². The van der Waals surface area contributed by atoms with E-state index in [2.05, 4.69) is 5.32 Å². The molecule has 1 saturated carbocycles. The predicted octanol–water partition coefficient (Wildman–Crippen LogP) is 1.97. The summed E-state index contributed by atoms with van der Waals surface area (Å²) in [5, 5.41) is 11.5. The van der Waals surface area contributed by atoms with Crippen LogP contribution in [0.2, 0.25) is 0 Å². The summed E-state index contributed by atoms with van der Waals surface area (Å²) >= 11 is 0. The van der Waals surface area contributed by atoms with E-state index in [0.29, 0.717) is 17.8 Å². The van der Waals surface area contributed by atoms with Gasteiger partial charge in [-0.2, -0.15) is 0 Å². The van der Waals surface area contributed by atoms with E-state index in [4.69, 9.17) is 5.11 Å². The molecule has 2 N–H and O–H groups in total. The third kappa shape index (κ3) is 4.31. The Bertz CT molecular complexity index is 564. The first-order chi connectivity index (χ1) is 10.5. The minimum Gasteiger partial charge on any atom is -0.481 e. The topological polar surface area (TPSA) is 86.7 Å². The lowest BCUT2D eigenvalue weighted by Crippen LogP contribution is -2.32. The first-order valence-electron chi connectivity index (χ1n) is 7.43. The van der Waals surface area contributed by atoms with Crippen LogP contribution in [0.3, 0.4) is 0 Å². The quantitative estimate of drug-likeness (QED) is 0.806. The van der Waals surface area contributed by atoms with Crippen molar-refractivity contribution >= 4 is 23.5 Å². The summed E-state index contributed by atoms with van der Waals surface area (Å²) in [6.07, 6.45) is 1.81. The second-order valence-corrected chi connectivity index (χ2v) is 5.37. The highest BCUT2D eigenvalue weighted by Gasteiger charge is 2.29. The Morgan fingerprint density at radius 3 is 2.36 bits per heavy atom. The summed E-state index contributed by atoms with van der Waals surface area (Å²) in [6.45, 7) is 2.45. The Labute approximate surface area is 129 Å². The number of benzene rings is 1. The van der Waals surface area contributed by atoms with Crippen molar-refractivity contribution < 1.29 is 19.5 Å². The number of carbonyl (C=O) groups is 3. The smallest absolute Gasteiger partial charge is 0.305 e. The number of hydrogen-bond acceptors (Lipinski definition) is 3. The highest BCUT2D eigenvalue weighted by Crippen LogP contribution is 2.30. The monoisotopic (exact) mass is 304 g/mol. The molecule has 0 bridgehead atoms. The van der Waals surface area contributed by atoms with Gasteiger partial charge in [-0.25, -0.2) is 0 Å². The van der Waals surface area contributed by atoms with Crippen molar-refractivity contribution in [2.45, 2.75) is 26.2 Å². The molecule has 6 nitrogen and oxygen atoms in total. The second kappa shape index (κ2) is 7.06. The second-order valence-electron chi connectivity index (χ2n) is 5.37. The standard InChI is InChI=1S/C16H20N2O4/c1-2-18(10-9-14(19)20)16(22)12-5-7-13(8-6-12)17-15(21)11-3-4-11/h5-8,11H,2-4,9-10H2,1H3,(H,17,21)(H,19,20). The molecule has 1 aromatic rings. The van der Waals surface area contributed by atoms with Crippen molar-refractivity contribution in [1.82, 2.24) is 4.90 Å². The molecule has 0 unspecified atom stereocenters. The molecule has 0 aliphatic heterocycles. The number of hydrogen-bond donors (Lipinski definition) is 2. The van der Waals surface area contributed by atoms with Crippen LogP contribution in [0.5, 0.6) is 0 Å². The van der Waals surface area contributed by atoms with Gasteiger partial charge in [-0.3, -0.25) is 14.4 Å². The maximum absolute atomic E-state index is 12.3. The van der Waals surface area contributed by atoms with Crippen molar-refractivity contribution in [3.8, 4) is 0 Å². The van der Waals surface area contributed by atoms with Crippen LogP contribution >= 0.6 is 0 Å². The number of aliphatic carboxylic acids is 1. The van der Waals surface area contributed by atoms with Crippen molar-refractivity contribution in [2.24, 2.45) is 5.92 Å². The zero-order chi connectivity index (χ0) is 16.1. The van der Waals surface area contributed by atoms with Gasteiger partial charge < -0.3 is 15.3 Å². The number of anilines is 1. The molecule has 0 saturated heterocycles. The van der Waals surface area contributed by atoms with Crippen LogP contribution in [0, 0.1) is 5.92 Å². The fourth-order valence-corrected chi connectivity index (χ4v) is 2.10. The molecule has 22 heavy (non-hydrogen) atoms. The normalized spacial score (nSPS) is 13.5. The summed E-state index contributed by atoms with van der Waals surface area (Å²) in [5.41, 5.74) is 1.15. The fourth-order valence-electron chi connectivity index (χ4n) is 2.10. The van der Waals surface area contributed by atoms with Crippen LogP contribution < -0.4 is 5.32 Å². The van der Waals surface area contributed by atoms with E-state index in [-0.39, 0.29) is 30.7 Å². The molecule has 1 aromatic carbocycles. The van der Waals surface area contributed by atoms with E-state index in [0.717, 1.165) is 12.8 Å². The maximum atomic E-state index is 12.3. The van der Waals surface area contributed by atoms with Gasteiger partial charge in [0.1, 0.15) is 0 Å². The Balaban J connectivity index is 1.96. The molecule has 0 atom stereocenters. The fraction of sp³-hybridized carbons (Fsp3) is 0.438. The minimum absolute atomic E-state index is 0.0238. The highest BCUT2D eigenvalue weighted by molar-refractivity contribution is 5.96. The van der Waals surface area contributed by atoms with Crippen molar-refractivity contribution in [2.75, 3.05) is 18.4 Å². The molecule has 0 radical (unpaired) electrons. The molecular formula is C16H20N2O4. The summed E-state index contributed by atoms with van der Waals surface area (Å²) in [7, 11) is 0. The van der Waals surface area contributed by atoms with Crippen LogP contribution in [0.25, 0.3) is 0 Å². The molecule has 1 aliphatic rings. The number of carboxylic acids is 1. The molecule has 0 aromatic heterocycles. The Morgan fingerprint density at radius 1 is 1.23 bits per heavy atom. The van der Waals surface area contributed by atoms with Gasteiger partial charge in [0, 0.05) is 30.3 Å². The average molecular weight is 304 g/mol. The van der Waals surface area contributed by atoms with Crippen LogP contribution in [-0.2, 0) is 9.59 Å². The summed E-state index contributed by atoms with van der Waals surface area (Å²) in [5.74, 6) is -0.975. The molecule has 6 heteroatoms. The van der Waals surface area contributed by atoms with E-state index in [1.807, 2.05) is 6.92 Å². The molecule has 0 heterocycles. The lowest BCUT2D eigenvalue weighted by atomic mass is 10.1. The van der Waals surface area contributed by atoms with Crippen LogP contribution in [0.15, 0.2) is 24.3 Å². The number of carbonyl (C=O) groups excluding carboxylic acids is 2. The highest BCUT2D eigenvalue weighted by atomic mass is 16.4. The zero-order valence-corrected chi connectivity index (χ0v) is 12.5. The summed E-state index contributed by atoms with van der Waals surface area (Å²) < 4.78 is 0. The van der Waals surface area contributed by atoms with Gasteiger partial charge in [-0.05, 0) is 44.0 Å². The van der Waals surface area contributed by atoms with E-state index in [9.17, 15) is 14.4 Å². The number of nitrogens with zero attached hydrogens (tertiary/aromatic N) is 1. The van der Waals surface area contributed by atoms with E-state index in [1.165, 1.54) is 4.90 Å². The Morgan fingerprint density at radius 2 is 1.86 bits per heavy atom. The largest absolute Gasteiger partial charge is 0.481 e. The first-order valence-corrected chi connectivity index (χ1v) is 7.43. The third-order valence-corrected chi connectivity index (χ3v) is 3.61. The molecule has 2 amide bonds. The minimum atomic E-state index is -0.926. The number of carboxylic acid groups (broad SMARTS) is 1. The molecule has 0 spiro atoms. The predicted molar refractivity (Wildman–Crippen MR) is 81.6 cm³/mol. The maximum Gasteiger partial charge on any atom is 0.305 e. The van der Waals surface area contributed by atoms with Gasteiger partial charge in [0.05, 0.1) is 6.42 Å². The summed E-state index contributed by atoms with van der Waals surface area (Å²) in [4.78, 5) is 36.0. The number of amides is 2. The third-order valence-electron chi connectivity index (χ3n) is 3.61. The lowest BCUT2D eigenvalue weighted by molar-refractivity contribution is -0.137. The molecule has 1 aliphatic carbocycles. The van der Waals surface area contributed by atoms with Crippen molar-refractivity contribution in [3.05, 3.63) is 29.8 Å². The van der Waals surface area contributed by atoms with Gasteiger partial charge in [0.15, 0.2) is 0 Å². The van der Waals surface area contributed by atoms with Crippen LogP contribution in [-0.4, -0.2) is 40.9 Å². The molecule has 118 valence electrons. The van der Waals surface area contributed by atoms with Crippen molar-refractivity contribution in [1.29, 1.82) is 0 Å². The Hall–Kier alpha value is -2.37. The van der Waals surface area contributed by atoms with Crippen LogP contribution in [0.1, 0.15) is 36.5 Å². The first kappa shape index (κ1) is 16.0. The van der Waals surface area contributed by atoms with Gasteiger partial charge >= 0.3 is 5.97 Å². The number of rotatable bonds is 7. The van der Waals surface area contributed by atoms with Gasteiger partial charge in [0.25, 0.3) is 5.91 Å². The molecule has 2 rings (SSSR count). The average Bonchev–Trinajstić information content (AvgIpc) is 3.33. The SMILES string of the molecule is CCN(CCC(=O)O)C(=O)c1ccc(NC(=O)C2CC2)cc1. The number of nitrogens with one attached hydrogen (secondary N) is 1. The van der Waals surface area contributed by atoms with E-state index < -0.39 is 5.97 Å². The van der Waals surface area contributed by atoms with Gasteiger partial charge in [-0.15, -0.1) is 0 Å². The van der Waals surface area contributed by atoms with E-state index >= 15 is 0 Å². The molecule has 1 fully saturated rings. The molecular weight excluding hydrogens is 284 g/mol. The zero-order valence-electron chi connectivity index (χ0n) is 12.5. The van der Waals surface area contributed by atoms with Gasteiger partial charge in [-0.1, -0.05) is 0 Å². The van der Waals surface area contributed by atoms with Gasteiger partial charge in [0.2, 0.25) is 5.91 Å². The van der Waals surface area contributed by atoms with E-state index in [1.54, 1.807) is 24.3 Å². The summed E-state index contributed by atoms with van der Waals surface area (Å²) in [6, 6.07) is 6.68. The van der Waals surface area contributed by atoms with Crippen LogP contribution in [0.4, 0.5) is 5.69 Å². The lowest BCUT2D eigenvalue weighted by Gasteiger charge is -2.20.